The van der Waals surface area contributed by atoms with Crippen LogP contribution in [-0.4, -0.2) is 47.7 Å². The normalized spacial score (nSPS) is 13.8. The van der Waals surface area contributed by atoms with E-state index in [-0.39, 0.29) is 27.3 Å². The molecular formula is C32H33Cl3FN8+. The number of hydrazine groups is 2. The van der Waals surface area contributed by atoms with Crippen LogP contribution in [0.25, 0.3) is 10.9 Å². The van der Waals surface area contributed by atoms with Crippen molar-refractivity contribution in [2.24, 2.45) is 0 Å². The first-order valence-corrected chi connectivity index (χ1v) is 15.4. The van der Waals surface area contributed by atoms with Gasteiger partial charge in [0, 0.05) is 23.5 Å². The molecule has 1 aliphatic rings. The fourth-order valence-corrected chi connectivity index (χ4v) is 5.58. The predicted octanol–water partition coefficient (Wildman–Crippen LogP) is 7.76. The number of nitriles is 1. The zero-order valence-corrected chi connectivity index (χ0v) is 26.8. The molecule has 228 valence electrons. The van der Waals surface area contributed by atoms with E-state index >= 15 is 4.39 Å². The third-order valence-electron chi connectivity index (χ3n) is 8.14. The van der Waals surface area contributed by atoms with E-state index < -0.39 is 5.82 Å². The molecule has 0 amide bonds. The van der Waals surface area contributed by atoms with Crippen molar-refractivity contribution >= 4 is 62.8 Å². The van der Waals surface area contributed by atoms with E-state index in [0.29, 0.717) is 27.3 Å². The van der Waals surface area contributed by atoms with Crippen LogP contribution in [0, 0.1) is 17.1 Å². The number of aromatic nitrogens is 1. The van der Waals surface area contributed by atoms with Crippen LogP contribution in [-0.2, 0) is 0 Å². The summed E-state index contributed by atoms with van der Waals surface area (Å²) in [7, 11) is 2.26. The zero-order chi connectivity index (χ0) is 31.4. The Hall–Kier alpha value is -3.78. The lowest BCUT2D eigenvalue weighted by molar-refractivity contribution is -0.905. The third-order valence-corrected chi connectivity index (χ3v) is 9.21. The quantitative estimate of drug-likeness (QED) is 0.0972. The van der Waals surface area contributed by atoms with Gasteiger partial charge in [0.05, 0.1) is 82.5 Å². The van der Waals surface area contributed by atoms with Gasteiger partial charge >= 0.3 is 0 Å². The largest absolute Gasteiger partial charge is 0.373 e. The van der Waals surface area contributed by atoms with Crippen molar-refractivity contribution in [3.63, 3.8) is 0 Å². The molecule has 0 spiro atoms. The highest BCUT2D eigenvalue weighted by Crippen LogP contribution is 2.38. The van der Waals surface area contributed by atoms with Crippen LogP contribution in [0.4, 0.5) is 21.5 Å². The lowest BCUT2D eigenvalue weighted by Gasteiger charge is -2.33. The van der Waals surface area contributed by atoms with Crippen LogP contribution in [0.3, 0.4) is 0 Å². The second kappa shape index (κ2) is 13.5. The number of nitrogens with zero attached hydrogens (tertiary/aromatic N) is 4. The van der Waals surface area contributed by atoms with Crippen LogP contribution >= 0.6 is 34.8 Å². The molecule has 2 heterocycles. The SMILES string of the molecule is CC[N+](C)(CC)CCN1C=C([C@@H](Nc2cc(Cl)c3ncc(C#N)c(Nc4ccc(Cl)c(Cl)c4F)c3c2)c2ccccc2)NN1. The highest BCUT2D eigenvalue weighted by molar-refractivity contribution is 6.42. The van der Waals surface area contributed by atoms with Crippen LogP contribution in [0.1, 0.15) is 31.0 Å². The number of hydrogen-bond donors (Lipinski definition) is 4. The molecule has 5 rings (SSSR count). The maximum absolute atomic E-state index is 15.0. The van der Waals surface area contributed by atoms with Crippen LogP contribution in [0.15, 0.2) is 72.7 Å². The molecule has 0 saturated carbocycles. The first-order valence-electron chi connectivity index (χ1n) is 14.2. The summed E-state index contributed by atoms with van der Waals surface area (Å²) in [4.78, 5) is 4.42. The molecule has 0 radical (unpaired) electrons. The second-order valence-corrected chi connectivity index (χ2v) is 12.0. The molecule has 1 aliphatic heterocycles. The van der Waals surface area contributed by atoms with Gasteiger partial charge in [0.1, 0.15) is 6.07 Å². The summed E-state index contributed by atoms with van der Waals surface area (Å²) in [6.07, 6.45) is 3.47. The number of anilines is 3. The number of fused-ring (bicyclic) bond motifs is 1. The van der Waals surface area contributed by atoms with Gasteiger partial charge in [0.25, 0.3) is 0 Å². The minimum absolute atomic E-state index is 0.0624. The van der Waals surface area contributed by atoms with Gasteiger partial charge in [0.2, 0.25) is 0 Å². The number of quaternary nitrogens is 1. The summed E-state index contributed by atoms with van der Waals surface area (Å²) in [5, 5.41) is 19.4. The summed E-state index contributed by atoms with van der Waals surface area (Å²) in [6.45, 7) is 8.34. The maximum atomic E-state index is 15.0. The summed E-state index contributed by atoms with van der Waals surface area (Å²) in [6, 6.07) is 18.5. The number of likely N-dealkylation sites (N-methyl/N-ethyl adjacent to an activating group) is 1. The van der Waals surface area contributed by atoms with E-state index in [9.17, 15) is 5.26 Å². The molecule has 4 aromatic rings. The summed E-state index contributed by atoms with van der Waals surface area (Å²) in [5.74, 6) is -0.731. The predicted molar refractivity (Wildman–Crippen MR) is 177 cm³/mol. The van der Waals surface area contributed by atoms with Gasteiger partial charge in [-0.05, 0) is 43.7 Å². The molecule has 0 bridgehead atoms. The second-order valence-electron chi connectivity index (χ2n) is 10.8. The van der Waals surface area contributed by atoms with Gasteiger partial charge < -0.3 is 20.5 Å². The lowest BCUT2D eigenvalue weighted by atomic mass is 10.0. The van der Waals surface area contributed by atoms with Crippen molar-refractivity contribution in [3.8, 4) is 6.07 Å². The zero-order valence-electron chi connectivity index (χ0n) is 24.6. The molecule has 0 saturated heterocycles. The highest BCUT2D eigenvalue weighted by atomic mass is 35.5. The number of benzene rings is 3. The van der Waals surface area contributed by atoms with Gasteiger partial charge in [-0.3, -0.25) is 9.99 Å². The lowest BCUT2D eigenvalue weighted by Crippen LogP contribution is -2.49. The minimum Gasteiger partial charge on any atom is -0.373 e. The molecule has 4 N–H and O–H groups in total. The van der Waals surface area contributed by atoms with Crippen LogP contribution in [0.5, 0.6) is 0 Å². The topological polar surface area (TPSA) is 88.0 Å². The Morgan fingerprint density at radius 2 is 1.82 bits per heavy atom. The summed E-state index contributed by atoms with van der Waals surface area (Å²) < 4.78 is 16.0. The number of pyridine rings is 1. The minimum atomic E-state index is -0.731. The standard InChI is InChI=1S/C32H33Cl3FN8/c1-4-44(3,5-2)14-13-43-19-27(41-42-43)31(20-9-7-6-8-10-20)39-22-15-23-30(21(17-37)18-38-32(23)25(34)16-22)40-26-12-11-24(33)28(35)29(26)36/h6-12,15-16,18-19,31,39,41-42H,4-5,13-14H2,1-3H3,(H,38,40)/q+1/t31-/m0/s1. The van der Waals surface area contributed by atoms with E-state index in [1.54, 1.807) is 6.07 Å². The molecule has 1 atom stereocenters. The fraction of sp³-hybridized carbons (Fsp3) is 0.250. The highest BCUT2D eigenvalue weighted by Gasteiger charge is 2.25. The van der Waals surface area contributed by atoms with Crippen LogP contribution < -0.4 is 21.6 Å². The van der Waals surface area contributed by atoms with E-state index in [1.807, 2.05) is 36.4 Å². The van der Waals surface area contributed by atoms with Crippen molar-refractivity contribution in [1.29, 1.82) is 5.26 Å². The first kappa shape index (κ1) is 31.6. The Morgan fingerprint density at radius 3 is 2.52 bits per heavy atom. The summed E-state index contributed by atoms with van der Waals surface area (Å²) >= 11 is 18.8. The molecule has 1 aromatic heterocycles. The monoisotopic (exact) mass is 653 g/mol. The third kappa shape index (κ3) is 6.65. The number of rotatable bonds is 11. The molecule has 0 aliphatic carbocycles. The Kier molecular flexibility index (Phi) is 9.68. The maximum Gasteiger partial charge on any atom is 0.166 e. The van der Waals surface area contributed by atoms with Crippen LogP contribution in [0.2, 0.25) is 15.1 Å². The Bertz CT molecular complexity index is 1740. The molecule has 8 nitrogen and oxygen atoms in total. The van der Waals surface area contributed by atoms with Crippen molar-refractivity contribution in [1.82, 2.24) is 21.0 Å². The average molecular weight is 655 g/mol. The van der Waals surface area contributed by atoms with E-state index in [4.69, 9.17) is 34.8 Å². The Labute approximate surface area is 271 Å². The van der Waals surface area contributed by atoms with E-state index in [2.05, 4.69) is 64.8 Å². The van der Waals surface area contributed by atoms with Crippen molar-refractivity contribution in [3.05, 3.63) is 105 Å². The molecule has 3 aromatic carbocycles. The first-order chi connectivity index (χ1) is 21.2. The van der Waals surface area contributed by atoms with Crippen molar-refractivity contribution in [2.75, 3.05) is 43.9 Å². The number of nitrogens with one attached hydrogen (secondary N) is 4. The fourth-order valence-electron chi connectivity index (χ4n) is 5.00. The molecule has 0 fully saturated rings. The van der Waals surface area contributed by atoms with Crippen molar-refractivity contribution < 1.29 is 8.87 Å². The van der Waals surface area contributed by atoms with Gasteiger partial charge in [-0.15, -0.1) is 5.53 Å². The van der Waals surface area contributed by atoms with Gasteiger partial charge in [-0.1, -0.05) is 65.1 Å². The smallest absolute Gasteiger partial charge is 0.166 e. The summed E-state index contributed by atoms with van der Waals surface area (Å²) in [5.41, 5.74) is 10.3. The Balaban J connectivity index is 1.52. The van der Waals surface area contributed by atoms with Gasteiger partial charge in [0.15, 0.2) is 5.82 Å². The van der Waals surface area contributed by atoms with E-state index in [1.165, 1.54) is 18.3 Å². The number of halogens is 4. The van der Waals surface area contributed by atoms with Gasteiger partial charge in [-0.25, -0.2) is 4.39 Å². The van der Waals surface area contributed by atoms with Crippen molar-refractivity contribution in [2.45, 2.75) is 19.9 Å². The number of hydrogen-bond acceptors (Lipinski definition) is 7. The molecular weight excluding hydrogens is 622 g/mol. The Morgan fingerprint density at radius 1 is 1.07 bits per heavy atom. The molecule has 0 unspecified atom stereocenters. The van der Waals surface area contributed by atoms with E-state index in [0.717, 1.165) is 41.9 Å². The molecule has 12 heteroatoms. The molecule has 44 heavy (non-hydrogen) atoms. The van der Waals surface area contributed by atoms with Gasteiger partial charge in [-0.2, -0.15) is 5.26 Å². The average Bonchev–Trinajstić information content (AvgIpc) is 3.52.